The Labute approximate surface area is 75.4 Å². The van der Waals surface area contributed by atoms with Gasteiger partial charge in [0.05, 0.1) is 5.71 Å². The molecule has 0 atom stereocenters. The molecule has 0 bridgehead atoms. The van der Waals surface area contributed by atoms with Crippen LogP contribution in [0.2, 0.25) is 0 Å². The highest BCUT2D eigenvalue weighted by molar-refractivity contribution is 5.98. The molecule has 1 aromatic rings. The van der Waals surface area contributed by atoms with Gasteiger partial charge in [-0.25, -0.2) is 4.79 Å². The highest BCUT2D eigenvalue weighted by atomic mass is 16.7. The van der Waals surface area contributed by atoms with Crippen molar-refractivity contribution in [2.24, 2.45) is 5.16 Å². The van der Waals surface area contributed by atoms with E-state index in [4.69, 9.17) is 5.11 Å². The minimum absolute atomic E-state index is 0.531. The summed E-state index contributed by atoms with van der Waals surface area (Å²) in [6.45, 7) is 1.68. The van der Waals surface area contributed by atoms with E-state index in [0.717, 1.165) is 5.56 Å². The Morgan fingerprint density at radius 3 is 2.54 bits per heavy atom. The summed E-state index contributed by atoms with van der Waals surface area (Å²) in [4.78, 5) is 14.1. The van der Waals surface area contributed by atoms with Crippen LogP contribution in [0.25, 0.3) is 0 Å². The largest absolute Gasteiger partial charge is 0.532 e. The number of oxime groups is 1. The standard InChI is InChI=1S/C9H9NO3/c1-7(10-13-9(11)12)8-5-3-2-4-6-8/h2-6H,1H3,(H,11,12)/b10-7+. The third-order valence-electron chi connectivity index (χ3n) is 1.45. The predicted molar refractivity (Wildman–Crippen MR) is 47.8 cm³/mol. The normalized spacial score (nSPS) is 11.0. The van der Waals surface area contributed by atoms with E-state index in [1.807, 2.05) is 30.3 Å². The zero-order valence-electron chi connectivity index (χ0n) is 7.10. The lowest BCUT2D eigenvalue weighted by Crippen LogP contribution is -1.99. The van der Waals surface area contributed by atoms with Crippen LogP contribution in [-0.4, -0.2) is 17.0 Å². The fourth-order valence-electron chi connectivity index (χ4n) is 0.840. The molecule has 0 saturated heterocycles. The highest BCUT2D eigenvalue weighted by Gasteiger charge is 1.98. The molecule has 0 aliphatic heterocycles. The molecule has 0 amide bonds. The van der Waals surface area contributed by atoms with Gasteiger partial charge in [0, 0.05) is 0 Å². The van der Waals surface area contributed by atoms with E-state index < -0.39 is 6.16 Å². The monoisotopic (exact) mass is 179 g/mol. The number of hydrogen-bond acceptors (Lipinski definition) is 3. The molecule has 4 nitrogen and oxygen atoms in total. The van der Waals surface area contributed by atoms with Crippen LogP contribution in [0.4, 0.5) is 4.79 Å². The lowest BCUT2D eigenvalue weighted by Gasteiger charge is -1.97. The Morgan fingerprint density at radius 2 is 2.00 bits per heavy atom. The van der Waals surface area contributed by atoms with Gasteiger partial charge in [-0.2, -0.15) is 0 Å². The Balaban J connectivity index is 2.73. The number of nitrogens with zero attached hydrogens (tertiary/aromatic N) is 1. The zero-order valence-corrected chi connectivity index (χ0v) is 7.10. The van der Waals surface area contributed by atoms with Crippen molar-refractivity contribution in [2.45, 2.75) is 6.92 Å². The topological polar surface area (TPSA) is 58.9 Å². The van der Waals surface area contributed by atoms with E-state index in [9.17, 15) is 4.79 Å². The Hall–Kier alpha value is -1.84. The molecule has 68 valence electrons. The molecule has 0 spiro atoms. The second-order valence-corrected chi connectivity index (χ2v) is 2.40. The Kier molecular flexibility index (Phi) is 3.03. The first kappa shape index (κ1) is 9.25. The van der Waals surface area contributed by atoms with Crippen LogP contribution in [0.3, 0.4) is 0 Å². The number of carboxylic acid groups (broad SMARTS) is 1. The molecule has 0 unspecified atom stereocenters. The van der Waals surface area contributed by atoms with Crippen molar-refractivity contribution < 1.29 is 14.7 Å². The third kappa shape index (κ3) is 2.94. The molecule has 0 aliphatic carbocycles. The minimum atomic E-state index is -1.41. The van der Waals surface area contributed by atoms with Crippen LogP contribution in [0.5, 0.6) is 0 Å². The van der Waals surface area contributed by atoms with E-state index >= 15 is 0 Å². The average molecular weight is 179 g/mol. The molecular formula is C9H9NO3. The summed E-state index contributed by atoms with van der Waals surface area (Å²) in [5.74, 6) is 0. The third-order valence-corrected chi connectivity index (χ3v) is 1.45. The maximum absolute atomic E-state index is 10.0. The smallest absolute Gasteiger partial charge is 0.448 e. The first-order valence-electron chi connectivity index (χ1n) is 3.70. The summed E-state index contributed by atoms with van der Waals surface area (Å²) in [6.07, 6.45) is -1.41. The van der Waals surface area contributed by atoms with Crippen LogP contribution in [0.15, 0.2) is 35.5 Å². The van der Waals surface area contributed by atoms with Gasteiger partial charge in [0.1, 0.15) is 0 Å². The van der Waals surface area contributed by atoms with E-state index in [-0.39, 0.29) is 0 Å². The molecule has 1 aromatic carbocycles. The number of benzene rings is 1. The fraction of sp³-hybridized carbons (Fsp3) is 0.111. The van der Waals surface area contributed by atoms with Crippen LogP contribution in [0.1, 0.15) is 12.5 Å². The maximum Gasteiger partial charge on any atom is 0.532 e. The maximum atomic E-state index is 10.0. The van der Waals surface area contributed by atoms with E-state index in [1.54, 1.807) is 6.92 Å². The van der Waals surface area contributed by atoms with Crippen LogP contribution in [-0.2, 0) is 4.84 Å². The van der Waals surface area contributed by atoms with Crippen LogP contribution < -0.4 is 0 Å². The summed E-state index contributed by atoms with van der Waals surface area (Å²) < 4.78 is 0. The lowest BCUT2D eigenvalue weighted by molar-refractivity contribution is 0.0948. The lowest BCUT2D eigenvalue weighted by atomic mass is 10.1. The Bertz CT molecular complexity index is 319. The second kappa shape index (κ2) is 4.25. The number of hydrogen-bond donors (Lipinski definition) is 1. The van der Waals surface area contributed by atoms with Gasteiger partial charge in [-0.15, -0.1) is 0 Å². The van der Waals surface area contributed by atoms with E-state index in [0.29, 0.717) is 5.71 Å². The van der Waals surface area contributed by atoms with Gasteiger partial charge in [-0.05, 0) is 12.5 Å². The first-order valence-corrected chi connectivity index (χ1v) is 3.70. The van der Waals surface area contributed by atoms with Crippen molar-refractivity contribution in [3.05, 3.63) is 35.9 Å². The average Bonchev–Trinajstić information content (AvgIpc) is 2.15. The van der Waals surface area contributed by atoms with Crippen molar-refractivity contribution in [3.8, 4) is 0 Å². The van der Waals surface area contributed by atoms with Gasteiger partial charge in [-0.3, -0.25) is 4.84 Å². The molecule has 0 saturated carbocycles. The van der Waals surface area contributed by atoms with Crippen molar-refractivity contribution in [1.82, 2.24) is 0 Å². The molecule has 0 aromatic heterocycles. The zero-order chi connectivity index (χ0) is 9.68. The predicted octanol–water partition coefficient (Wildman–Crippen LogP) is 2.11. The van der Waals surface area contributed by atoms with Gasteiger partial charge < -0.3 is 5.11 Å². The van der Waals surface area contributed by atoms with E-state index in [2.05, 4.69) is 9.99 Å². The molecular weight excluding hydrogens is 170 g/mol. The van der Waals surface area contributed by atoms with E-state index in [1.165, 1.54) is 0 Å². The SMILES string of the molecule is C/C(=N\OC(=O)O)c1ccccc1. The van der Waals surface area contributed by atoms with Crippen molar-refractivity contribution in [1.29, 1.82) is 0 Å². The van der Waals surface area contributed by atoms with Gasteiger partial charge in [0.2, 0.25) is 0 Å². The summed E-state index contributed by atoms with van der Waals surface area (Å²) in [7, 11) is 0. The molecule has 0 heterocycles. The first-order chi connectivity index (χ1) is 6.20. The second-order valence-electron chi connectivity index (χ2n) is 2.40. The number of carbonyl (C=O) groups is 1. The Morgan fingerprint density at radius 1 is 1.38 bits per heavy atom. The minimum Gasteiger partial charge on any atom is -0.448 e. The van der Waals surface area contributed by atoms with Crippen molar-refractivity contribution in [3.63, 3.8) is 0 Å². The summed E-state index contributed by atoms with van der Waals surface area (Å²) in [5.41, 5.74) is 1.37. The molecule has 1 rings (SSSR count). The summed E-state index contributed by atoms with van der Waals surface area (Å²) in [6, 6.07) is 9.20. The molecule has 13 heavy (non-hydrogen) atoms. The molecule has 0 radical (unpaired) electrons. The van der Waals surface area contributed by atoms with Crippen LogP contribution in [0, 0.1) is 0 Å². The fourth-order valence-corrected chi connectivity index (χ4v) is 0.840. The summed E-state index contributed by atoms with van der Waals surface area (Å²) in [5, 5.41) is 11.6. The van der Waals surface area contributed by atoms with Gasteiger partial charge in [0.15, 0.2) is 0 Å². The van der Waals surface area contributed by atoms with Crippen LogP contribution >= 0.6 is 0 Å². The quantitative estimate of drug-likeness (QED) is 0.429. The number of rotatable bonds is 2. The van der Waals surface area contributed by atoms with Crippen molar-refractivity contribution in [2.75, 3.05) is 0 Å². The van der Waals surface area contributed by atoms with Crippen molar-refractivity contribution >= 4 is 11.9 Å². The summed E-state index contributed by atoms with van der Waals surface area (Å²) >= 11 is 0. The van der Waals surface area contributed by atoms with Gasteiger partial charge in [0.25, 0.3) is 0 Å². The molecule has 1 N–H and O–H groups in total. The van der Waals surface area contributed by atoms with Gasteiger partial charge >= 0.3 is 6.16 Å². The highest BCUT2D eigenvalue weighted by Crippen LogP contribution is 2.00. The molecule has 0 fully saturated rings. The molecule has 4 heteroatoms. The molecule has 0 aliphatic rings. The van der Waals surface area contributed by atoms with Gasteiger partial charge in [-0.1, -0.05) is 35.5 Å².